The molecule has 10 heteroatoms. The summed E-state index contributed by atoms with van der Waals surface area (Å²) in [5, 5.41) is 11.4. The summed E-state index contributed by atoms with van der Waals surface area (Å²) in [7, 11) is 3.19. The van der Waals surface area contributed by atoms with Gasteiger partial charge in [-0.15, -0.1) is 10.2 Å². The van der Waals surface area contributed by atoms with Crippen LogP contribution in [0.15, 0.2) is 70.9 Å². The Labute approximate surface area is 188 Å². The molecule has 0 radical (unpaired) electrons. The first-order valence-electron chi connectivity index (χ1n) is 9.72. The van der Waals surface area contributed by atoms with E-state index in [1.165, 1.54) is 16.3 Å². The van der Waals surface area contributed by atoms with Gasteiger partial charge < -0.3 is 14.8 Å². The number of amides is 1. The Balaban J connectivity index is 1.41. The van der Waals surface area contributed by atoms with E-state index in [2.05, 4.69) is 15.5 Å². The molecule has 1 amide bonds. The molecule has 2 aromatic carbocycles. The van der Waals surface area contributed by atoms with Gasteiger partial charge in [0.1, 0.15) is 11.5 Å². The minimum atomic E-state index is -0.305. The molecule has 0 spiro atoms. The molecule has 164 valence electrons. The first-order valence-corrected chi connectivity index (χ1v) is 10.7. The van der Waals surface area contributed by atoms with Crippen LogP contribution in [0.25, 0.3) is 11.3 Å². The number of nitrogens with zero attached hydrogens (tertiary/aromatic N) is 4. The van der Waals surface area contributed by atoms with Gasteiger partial charge in [0.05, 0.1) is 20.0 Å². The third kappa shape index (κ3) is 4.59. The molecular formula is C22H21N5O4S. The van der Waals surface area contributed by atoms with Crippen molar-refractivity contribution in [3.8, 4) is 17.2 Å². The molecule has 0 aliphatic carbocycles. The zero-order valence-electron chi connectivity index (χ0n) is 17.5. The van der Waals surface area contributed by atoms with E-state index in [9.17, 15) is 9.59 Å². The molecule has 0 unspecified atom stereocenters. The fourth-order valence-electron chi connectivity index (χ4n) is 3.04. The monoisotopic (exact) mass is 451 g/mol. The third-order valence-corrected chi connectivity index (χ3v) is 5.71. The van der Waals surface area contributed by atoms with Crippen LogP contribution in [0.4, 0.5) is 0 Å². The van der Waals surface area contributed by atoms with Crippen molar-refractivity contribution in [2.75, 3.05) is 20.0 Å². The van der Waals surface area contributed by atoms with Gasteiger partial charge in [0.2, 0.25) is 11.6 Å². The molecule has 0 aliphatic rings. The van der Waals surface area contributed by atoms with Crippen molar-refractivity contribution in [2.45, 2.75) is 11.7 Å². The number of fused-ring (bicyclic) bond motifs is 1. The van der Waals surface area contributed by atoms with Crippen LogP contribution in [-0.2, 0) is 11.3 Å². The van der Waals surface area contributed by atoms with Gasteiger partial charge in [-0.1, -0.05) is 23.9 Å². The van der Waals surface area contributed by atoms with Gasteiger partial charge in [-0.2, -0.15) is 0 Å². The van der Waals surface area contributed by atoms with Crippen LogP contribution in [0.1, 0.15) is 5.56 Å². The topological polar surface area (TPSA) is 99.8 Å². The summed E-state index contributed by atoms with van der Waals surface area (Å²) >= 11 is 1.21. The van der Waals surface area contributed by atoms with E-state index in [-0.39, 0.29) is 22.9 Å². The normalized spacial score (nSPS) is 10.8. The van der Waals surface area contributed by atoms with Crippen molar-refractivity contribution in [1.29, 1.82) is 0 Å². The highest BCUT2D eigenvalue weighted by molar-refractivity contribution is 7.99. The van der Waals surface area contributed by atoms with Crippen molar-refractivity contribution in [3.05, 3.63) is 76.8 Å². The molecule has 0 bridgehead atoms. The first-order chi connectivity index (χ1) is 15.6. The average Bonchev–Trinajstić information content (AvgIpc) is 3.26. The standard InChI is InChI=1S/C22H21N5O4S/c1-30-17-7-3-15(4-8-17)13-23-19(28)14-32-22-25-24-20-21(29)26(11-12-27(20)22)16-5-9-18(31-2)10-6-16/h3-12H,13-14H2,1-2H3,(H,23,28). The lowest BCUT2D eigenvalue weighted by atomic mass is 10.2. The number of carbonyl (C=O) groups excluding carboxylic acids is 1. The Kier molecular flexibility index (Phi) is 6.41. The molecule has 0 saturated carbocycles. The summed E-state index contributed by atoms with van der Waals surface area (Å²) in [6.07, 6.45) is 3.35. The summed E-state index contributed by atoms with van der Waals surface area (Å²) in [4.78, 5) is 25.1. The Bertz CT molecular complexity index is 1280. The van der Waals surface area contributed by atoms with E-state index < -0.39 is 0 Å². The number of carbonyl (C=O) groups is 1. The van der Waals surface area contributed by atoms with Crippen LogP contribution in [0.5, 0.6) is 11.5 Å². The van der Waals surface area contributed by atoms with Gasteiger partial charge in [0.25, 0.3) is 0 Å². The number of hydrogen-bond acceptors (Lipinski definition) is 7. The molecule has 1 N–H and O–H groups in total. The Hall–Kier alpha value is -3.79. The molecule has 4 rings (SSSR count). The molecule has 2 aromatic heterocycles. The third-order valence-electron chi connectivity index (χ3n) is 4.77. The average molecular weight is 452 g/mol. The zero-order chi connectivity index (χ0) is 22.5. The molecule has 32 heavy (non-hydrogen) atoms. The summed E-state index contributed by atoms with van der Waals surface area (Å²) in [6.45, 7) is 0.413. The second-order valence-electron chi connectivity index (χ2n) is 6.76. The predicted molar refractivity (Wildman–Crippen MR) is 121 cm³/mol. The predicted octanol–water partition coefficient (Wildman–Crippen LogP) is 2.31. The van der Waals surface area contributed by atoms with Crippen LogP contribution in [0.2, 0.25) is 0 Å². The fraction of sp³-hybridized carbons (Fsp3) is 0.182. The van der Waals surface area contributed by atoms with Crippen molar-refractivity contribution in [1.82, 2.24) is 24.5 Å². The Morgan fingerprint density at radius 1 is 0.969 bits per heavy atom. The number of benzene rings is 2. The maximum Gasteiger partial charge on any atom is 0.300 e. The summed E-state index contributed by atoms with van der Waals surface area (Å²) in [5.41, 5.74) is 1.54. The van der Waals surface area contributed by atoms with E-state index >= 15 is 0 Å². The van der Waals surface area contributed by atoms with Crippen LogP contribution >= 0.6 is 11.8 Å². The number of ether oxygens (including phenoxy) is 2. The van der Waals surface area contributed by atoms with Crippen molar-refractivity contribution in [2.24, 2.45) is 0 Å². The molecule has 0 aliphatic heterocycles. The minimum absolute atomic E-state index is 0.144. The van der Waals surface area contributed by atoms with Gasteiger partial charge in [0.15, 0.2) is 5.16 Å². The Morgan fingerprint density at radius 2 is 1.62 bits per heavy atom. The summed E-state index contributed by atoms with van der Waals surface area (Å²) in [5.74, 6) is 1.47. The number of methoxy groups -OCH3 is 2. The fourth-order valence-corrected chi connectivity index (χ4v) is 3.78. The van der Waals surface area contributed by atoms with Crippen LogP contribution in [-0.4, -0.2) is 45.0 Å². The zero-order valence-corrected chi connectivity index (χ0v) is 18.3. The van der Waals surface area contributed by atoms with E-state index in [4.69, 9.17) is 9.47 Å². The number of nitrogens with one attached hydrogen (secondary N) is 1. The van der Waals surface area contributed by atoms with Gasteiger partial charge in [-0.3, -0.25) is 18.6 Å². The lowest BCUT2D eigenvalue weighted by Crippen LogP contribution is -2.24. The molecule has 9 nitrogen and oxygen atoms in total. The van der Waals surface area contributed by atoms with Crippen molar-refractivity contribution in [3.63, 3.8) is 0 Å². The largest absolute Gasteiger partial charge is 0.497 e. The van der Waals surface area contributed by atoms with Crippen LogP contribution in [0.3, 0.4) is 0 Å². The Morgan fingerprint density at radius 3 is 2.28 bits per heavy atom. The number of aromatic nitrogens is 4. The van der Waals surface area contributed by atoms with Crippen molar-refractivity contribution < 1.29 is 14.3 Å². The number of hydrogen-bond donors (Lipinski definition) is 1. The maximum absolute atomic E-state index is 12.9. The summed E-state index contributed by atoms with van der Waals surface area (Å²) in [6, 6.07) is 14.6. The van der Waals surface area contributed by atoms with Crippen LogP contribution < -0.4 is 20.3 Å². The van der Waals surface area contributed by atoms with E-state index in [1.54, 1.807) is 55.3 Å². The highest BCUT2D eigenvalue weighted by Crippen LogP contribution is 2.17. The van der Waals surface area contributed by atoms with Crippen molar-refractivity contribution >= 4 is 23.3 Å². The first kappa shape index (κ1) is 21.4. The highest BCUT2D eigenvalue weighted by Gasteiger charge is 2.13. The van der Waals surface area contributed by atoms with Gasteiger partial charge >= 0.3 is 5.56 Å². The van der Waals surface area contributed by atoms with E-state index in [1.807, 2.05) is 24.3 Å². The molecule has 0 saturated heterocycles. The van der Waals surface area contributed by atoms with Crippen LogP contribution in [0, 0.1) is 0 Å². The maximum atomic E-state index is 12.9. The second-order valence-corrected chi connectivity index (χ2v) is 7.70. The van der Waals surface area contributed by atoms with Gasteiger partial charge in [-0.25, -0.2) is 0 Å². The quantitative estimate of drug-likeness (QED) is 0.410. The minimum Gasteiger partial charge on any atom is -0.497 e. The molecular weight excluding hydrogens is 430 g/mol. The number of thioether (sulfide) groups is 1. The number of rotatable bonds is 8. The lowest BCUT2D eigenvalue weighted by Gasteiger charge is -2.08. The smallest absolute Gasteiger partial charge is 0.300 e. The van der Waals surface area contributed by atoms with Gasteiger partial charge in [0, 0.05) is 24.6 Å². The SMILES string of the molecule is COc1ccc(CNC(=O)CSc2nnc3c(=O)n(-c4ccc(OC)cc4)ccn23)cc1. The lowest BCUT2D eigenvalue weighted by molar-refractivity contribution is -0.118. The van der Waals surface area contributed by atoms with E-state index in [0.29, 0.717) is 23.1 Å². The van der Waals surface area contributed by atoms with Gasteiger partial charge in [-0.05, 0) is 42.0 Å². The molecule has 2 heterocycles. The summed E-state index contributed by atoms with van der Waals surface area (Å²) < 4.78 is 13.4. The molecule has 0 atom stereocenters. The molecule has 4 aromatic rings. The highest BCUT2D eigenvalue weighted by atomic mass is 32.2. The second kappa shape index (κ2) is 9.56. The molecule has 0 fully saturated rings. The van der Waals surface area contributed by atoms with E-state index in [0.717, 1.165) is 11.3 Å².